The number of likely N-dealkylation sites (tertiary alicyclic amines) is 1. The Hall–Kier alpha value is -1.84. The summed E-state index contributed by atoms with van der Waals surface area (Å²) in [6.07, 6.45) is 4.13. The van der Waals surface area contributed by atoms with Crippen molar-refractivity contribution in [1.29, 1.82) is 0 Å². The van der Waals surface area contributed by atoms with Crippen LogP contribution in [0.3, 0.4) is 0 Å². The van der Waals surface area contributed by atoms with Crippen LogP contribution < -0.4 is 0 Å². The minimum atomic E-state index is -0.786. The number of carboxylic acid groups (broad SMARTS) is 1. The van der Waals surface area contributed by atoms with E-state index in [0.29, 0.717) is 12.8 Å². The van der Waals surface area contributed by atoms with E-state index in [0.717, 1.165) is 31.4 Å². The van der Waals surface area contributed by atoms with Crippen molar-refractivity contribution in [2.24, 2.45) is 0 Å². The average molecular weight is 289 g/mol. The van der Waals surface area contributed by atoms with Gasteiger partial charge in [-0.25, -0.2) is 0 Å². The summed E-state index contributed by atoms with van der Waals surface area (Å²) < 4.78 is 0. The predicted molar refractivity (Wildman–Crippen MR) is 81.1 cm³/mol. The molecule has 0 aliphatic carbocycles. The van der Waals surface area contributed by atoms with Gasteiger partial charge in [0, 0.05) is 19.0 Å². The molecule has 1 saturated heterocycles. The van der Waals surface area contributed by atoms with Gasteiger partial charge in [-0.05, 0) is 38.2 Å². The zero-order chi connectivity index (χ0) is 15.2. The number of piperidine rings is 1. The van der Waals surface area contributed by atoms with E-state index in [1.165, 1.54) is 5.56 Å². The zero-order valence-electron chi connectivity index (χ0n) is 12.5. The predicted octanol–water partition coefficient (Wildman–Crippen LogP) is 2.78. The standard InChI is InChI=1S/C17H23NO3/c1-13-5-7-14(8-6-13)12-16(19)18-11-3-2-4-15(18)9-10-17(20)21/h5-8,15H,2-4,9-12H2,1H3,(H,20,21). The van der Waals surface area contributed by atoms with E-state index in [1.54, 1.807) is 0 Å². The summed E-state index contributed by atoms with van der Waals surface area (Å²) in [5.74, 6) is -0.666. The molecule has 21 heavy (non-hydrogen) atoms. The molecule has 0 spiro atoms. The second kappa shape index (κ2) is 7.25. The minimum absolute atomic E-state index is 0.0906. The highest BCUT2D eigenvalue weighted by atomic mass is 16.4. The van der Waals surface area contributed by atoms with Gasteiger partial charge in [-0.1, -0.05) is 29.8 Å². The number of hydrogen-bond acceptors (Lipinski definition) is 2. The molecule has 1 amide bonds. The van der Waals surface area contributed by atoms with Gasteiger partial charge < -0.3 is 10.0 Å². The fourth-order valence-electron chi connectivity index (χ4n) is 2.90. The molecular weight excluding hydrogens is 266 g/mol. The Bertz CT molecular complexity index is 495. The van der Waals surface area contributed by atoms with Gasteiger partial charge in [0.05, 0.1) is 6.42 Å². The molecule has 1 atom stereocenters. The third-order valence-electron chi connectivity index (χ3n) is 4.11. The number of amides is 1. The first-order chi connectivity index (χ1) is 10.1. The van der Waals surface area contributed by atoms with E-state index in [-0.39, 0.29) is 18.4 Å². The lowest BCUT2D eigenvalue weighted by molar-refractivity contribution is -0.139. The van der Waals surface area contributed by atoms with E-state index in [2.05, 4.69) is 0 Å². The first-order valence-corrected chi connectivity index (χ1v) is 7.63. The van der Waals surface area contributed by atoms with Gasteiger partial charge >= 0.3 is 5.97 Å². The van der Waals surface area contributed by atoms with Gasteiger partial charge in [-0.2, -0.15) is 0 Å². The Morgan fingerprint density at radius 2 is 1.95 bits per heavy atom. The fourth-order valence-corrected chi connectivity index (χ4v) is 2.90. The Labute approximate surface area is 125 Å². The number of aryl methyl sites for hydroxylation is 1. The fraction of sp³-hybridized carbons (Fsp3) is 0.529. The van der Waals surface area contributed by atoms with E-state index in [1.807, 2.05) is 36.1 Å². The van der Waals surface area contributed by atoms with Gasteiger partial charge in [0.15, 0.2) is 0 Å². The highest BCUT2D eigenvalue weighted by molar-refractivity contribution is 5.79. The second-order valence-electron chi connectivity index (χ2n) is 5.83. The molecule has 1 aromatic carbocycles. The molecule has 1 aliphatic rings. The topological polar surface area (TPSA) is 57.6 Å². The van der Waals surface area contributed by atoms with Crippen LogP contribution in [0.2, 0.25) is 0 Å². The molecule has 2 rings (SSSR count). The lowest BCUT2D eigenvalue weighted by Crippen LogP contribution is -2.44. The summed E-state index contributed by atoms with van der Waals surface area (Å²) in [4.78, 5) is 25.1. The monoisotopic (exact) mass is 289 g/mol. The van der Waals surface area contributed by atoms with Crippen molar-refractivity contribution in [3.63, 3.8) is 0 Å². The van der Waals surface area contributed by atoms with E-state index in [4.69, 9.17) is 5.11 Å². The van der Waals surface area contributed by atoms with Crippen LogP contribution in [-0.2, 0) is 16.0 Å². The van der Waals surface area contributed by atoms with Crippen LogP contribution in [0.25, 0.3) is 0 Å². The van der Waals surface area contributed by atoms with Crippen LogP contribution in [0.1, 0.15) is 43.2 Å². The summed E-state index contributed by atoms with van der Waals surface area (Å²) in [5.41, 5.74) is 2.21. The van der Waals surface area contributed by atoms with Gasteiger partial charge in [-0.3, -0.25) is 9.59 Å². The molecule has 1 N–H and O–H groups in total. The summed E-state index contributed by atoms with van der Waals surface area (Å²) in [6.45, 7) is 2.78. The van der Waals surface area contributed by atoms with Crippen LogP contribution in [0, 0.1) is 6.92 Å². The lowest BCUT2D eigenvalue weighted by Gasteiger charge is -2.35. The van der Waals surface area contributed by atoms with E-state index >= 15 is 0 Å². The van der Waals surface area contributed by atoms with Gasteiger partial charge in [0.25, 0.3) is 0 Å². The number of nitrogens with zero attached hydrogens (tertiary/aromatic N) is 1. The molecule has 4 heteroatoms. The number of carbonyl (C=O) groups is 2. The Morgan fingerprint density at radius 1 is 1.24 bits per heavy atom. The van der Waals surface area contributed by atoms with Crippen molar-refractivity contribution in [2.45, 2.75) is 51.5 Å². The van der Waals surface area contributed by atoms with Crippen LogP contribution in [-0.4, -0.2) is 34.5 Å². The normalized spacial score (nSPS) is 18.5. The number of aliphatic carboxylic acids is 1. The maximum absolute atomic E-state index is 12.5. The molecule has 114 valence electrons. The molecular formula is C17H23NO3. The number of benzene rings is 1. The molecule has 1 aromatic rings. The van der Waals surface area contributed by atoms with Crippen molar-refractivity contribution in [3.8, 4) is 0 Å². The van der Waals surface area contributed by atoms with Gasteiger partial charge in [0.1, 0.15) is 0 Å². The molecule has 0 aromatic heterocycles. The Kier molecular flexibility index (Phi) is 5.37. The van der Waals surface area contributed by atoms with Crippen molar-refractivity contribution in [3.05, 3.63) is 35.4 Å². The first-order valence-electron chi connectivity index (χ1n) is 7.63. The van der Waals surface area contributed by atoms with Crippen LogP contribution >= 0.6 is 0 Å². The minimum Gasteiger partial charge on any atom is -0.481 e. The quantitative estimate of drug-likeness (QED) is 0.906. The summed E-state index contributed by atoms with van der Waals surface area (Å²) >= 11 is 0. The highest BCUT2D eigenvalue weighted by Gasteiger charge is 2.26. The van der Waals surface area contributed by atoms with Crippen molar-refractivity contribution < 1.29 is 14.7 Å². The molecule has 1 aliphatic heterocycles. The van der Waals surface area contributed by atoms with Crippen molar-refractivity contribution >= 4 is 11.9 Å². The lowest BCUT2D eigenvalue weighted by atomic mass is 9.97. The highest BCUT2D eigenvalue weighted by Crippen LogP contribution is 2.22. The van der Waals surface area contributed by atoms with Gasteiger partial charge in [0.2, 0.25) is 5.91 Å². The van der Waals surface area contributed by atoms with Crippen LogP contribution in [0.4, 0.5) is 0 Å². The Morgan fingerprint density at radius 3 is 2.62 bits per heavy atom. The van der Waals surface area contributed by atoms with E-state index < -0.39 is 5.97 Å². The molecule has 0 radical (unpaired) electrons. The number of rotatable bonds is 5. The first kappa shape index (κ1) is 15.5. The third-order valence-corrected chi connectivity index (χ3v) is 4.11. The van der Waals surface area contributed by atoms with Crippen LogP contribution in [0.15, 0.2) is 24.3 Å². The molecule has 1 fully saturated rings. The molecule has 1 unspecified atom stereocenters. The molecule has 0 bridgehead atoms. The van der Waals surface area contributed by atoms with Crippen molar-refractivity contribution in [1.82, 2.24) is 4.90 Å². The molecule has 1 heterocycles. The number of carboxylic acids is 1. The summed E-state index contributed by atoms with van der Waals surface area (Å²) in [7, 11) is 0. The maximum Gasteiger partial charge on any atom is 0.303 e. The van der Waals surface area contributed by atoms with Crippen molar-refractivity contribution in [2.75, 3.05) is 6.54 Å². The average Bonchev–Trinajstić information content (AvgIpc) is 2.47. The maximum atomic E-state index is 12.5. The SMILES string of the molecule is Cc1ccc(CC(=O)N2CCCCC2CCC(=O)O)cc1. The number of carbonyl (C=O) groups excluding carboxylic acids is 1. The zero-order valence-corrected chi connectivity index (χ0v) is 12.5. The molecule has 0 saturated carbocycles. The third kappa shape index (κ3) is 4.59. The second-order valence-corrected chi connectivity index (χ2v) is 5.83. The summed E-state index contributed by atoms with van der Waals surface area (Å²) in [5, 5.41) is 8.83. The largest absolute Gasteiger partial charge is 0.481 e. The molecule has 4 nitrogen and oxygen atoms in total. The van der Waals surface area contributed by atoms with Crippen LogP contribution in [0.5, 0.6) is 0 Å². The van der Waals surface area contributed by atoms with Gasteiger partial charge in [-0.15, -0.1) is 0 Å². The summed E-state index contributed by atoms with van der Waals surface area (Å²) in [6, 6.07) is 8.10. The van der Waals surface area contributed by atoms with E-state index in [9.17, 15) is 9.59 Å². The Balaban J connectivity index is 1.97. The number of hydrogen-bond donors (Lipinski definition) is 1. The smallest absolute Gasteiger partial charge is 0.303 e.